The van der Waals surface area contributed by atoms with Crippen LogP contribution in [-0.4, -0.2) is 71.2 Å². The van der Waals surface area contributed by atoms with Crippen molar-refractivity contribution in [1.82, 2.24) is 4.90 Å². The number of rotatable bonds is 9. The molecule has 0 heterocycles. The molecule has 2 fully saturated rings. The minimum atomic E-state index is -7.96. The Balaban J connectivity index is 2.64. The maximum absolute atomic E-state index is 15.5. The van der Waals surface area contributed by atoms with E-state index in [1.165, 1.54) is 0 Å². The zero-order chi connectivity index (χ0) is 32.8. The van der Waals surface area contributed by atoms with Crippen LogP contribution in [0.2, 0.25) is 0 Å². The monoisotopic (exact) mass is 658 g/mol. The summed E-state index contributed by atoms with van der Waals surface area (Å²) in [7, 11) is 0. The molecule has 2 rings (SSSR count). The quantitative estimate of drug-likeness (QED) is 0.153. The second kappa shape index (κ2) is 11.6. The van der Waals surface area contributed by atoms with Gasteiger partial charge in [-0.3, -0.25) is 14.9 Å². The molecular weight excluding hydrogens is 635 g/mol. The van der Waals surface area contributed by atoms with E-state index in [-0.39, 0.29) is 51.4 Å². The zero-order valence-electron chi connectivity index (χ0n) is 20.9. The van der Waals surface area contributed by atoms with Crippen molar-refractivity contribution in [3.05, 3.63) is 0 Å². The van der Waals surface area contributed by atoms with E-state index in [1.807, 2.05) is 0 Å². The number of hydrogen-bond acceptors (Lipinski definition) is 3. The highest BCUT2D eigenvalue weighted by molar-refractivity contribution is 5.88. The third-order valence-corrected chi connectivity index (χ3v) is 6.86. The van der Waals surface area contributed by atoms with Crippen LogP contribution in [0, 0.1) is 5.41 Å². The highest BCUT2D eigenvalue weighted by Gasteiger charge is 2.85. The summed E-state index contributed by atoms with van der Waals surface area (Å²) in [6.07, 6.45) is -36.3. The Bertz CT molecular complexity index is 921. The topological polar surface area (TPSA) is 45.6 Å². The molecule has 0 amide bonds. The summed E-state index contributed by atoms with van der Waals surface area (Å²) in [5.41, 5.74) is 0. The number of ether oxygens (including phenoxy) is 2. The molecule has 0 saturated heterocycles. The van der Waals surface area contributed by atoms with Crippen molar-refractivity contribution >= 4 is 5.84 Å². The molecule has 0 radical (unpaired) electrons. The Labute approximate surface area is 226 Å². The van der Waals surface area contributed by atoms with E-state index in [1.54, 1.807) is 4.74 Å². The summed E-state index contributed by atoms with van der Waals surface area (Å²) in [6, 6.07) is -2.40. The number of alkyl halides is 17. The lowest BCUT2D eigenvalue weighted by Crippen LogP contribution is -2.69. The normalized spacial score (nSPS) is 22.4. The second-order valence-electron chi connectivity index (χ2n) is 9.84. The third kappa shape index (κ3) is 6.64. The highest BCUT2D eigenvalue weighted by Crippen LogP contribution is 2.57. The van der Waals surface area contributed by atoms with Crippen molar-refractivity contribution < 1.29 is 84.1 Å². The predicted molar refractivity (Wildman–Crippen MR) is 106 cm³/mol. The van der Waals surface area contributed by atoms with Gasteiger partial charge in [-0.2, -0.15) is 74.6 Å². The fourth-order valence-corrected chi connectivity index (χ4v) is 4.72. The van der Waals surface area contributed by atoms with E-state index in [4.69, 9.17) is 5.41 Å². The molecule has 0 aromatic carbocycles. The Morgan fingerprint density at radius 2 is 0.881 bits per heavy atom. The van der Waals surface area contributed by atoms with E-state index < -0.39 is 66.3 Å². The first kappa shape index (κ1) is 36.4. The maximum atomic E-state index is 15.5. The Kier molecular flexibility index (Phi) is 10.1. The van der Waals surface area contributed by atoms with Crippen LogP contribution in [0.1, 0.15) is 64.2 Å². The van der Waals surface area contributed by atoms with Crippen LogP contribution in [0.3, 0.4) is 0 Å². The summed E-state index contributed by atoms with van der Waals surface area (Å²) in [6.45, 7) is 0. The van der Waals surface area contributed by atoms with Crippen LogP contribution < -0.4 is 0 Å². The predicted octanol–water partition coefficient (Wildman–Crippen LogP) is 8.80. The number of nitrogens with zero attached hydrogens (tertiary/aromatic N) is 1. The molecule has 2 atom stereocenters. The first-order valence-electron chi connectivity index (χ1n) is 12.2. The first-order valence-corrected chi connectivity index (χ1v) is 12.2. The van der Waals surface area contributed by atoms with E-state index in [0.29, 0.717) is 17.7 Å². The van der Waals surface area contributed by atoms with E-state index >= 15 is 4.39 Å². The number of halogens is 17. The molecule has 0 spiro atoms. The molecule has 4 nitrogen and oxygen atoms in total. The van der Waals surface area contributed by atoms with E-state index in [9.17, 15) is 70.2 Å². The molecule has 0 unspecified atom stereocenters. The number of hydrogen-bond donors (Lipinski definition) is 1. The molecule has 21 heteroatoms. The molecule has 2 saturated carbocycles. The zero-order valence-corrected chi connectivity index (χ0v) is 20.9. The molecule has 1 N–H and O–H groups in total. The lowest BCUT2D eigenvalue weighted by molar-refractivity contribution is -0.547. The van der Waals surface area contributed by atoms with Crippen LogP contribution >= 0.6 is 0 Å². The van der Waals surface area contributed by atoms with Crippen molar-refractivity contribution in [2.75, 3.05) is 0 Å². The van der Waals surface area contributed by atoms with Crippen molar-refractivity contribution in [3.8, 4) is 0 Å². The van der Waals surface area contributed by atoms with Gasteiger partial charge in [-0.25, -0.2) is 0 Å². The number of nitrogens with one attached hydrogen (secondary N) is 1. The molecule has 2 aliphatic carbocycles. The van der Waals surface area contributed by atoms with Gasteiger partial charge in [0.15, 0.2) is 5.84 Å². The van der Waals surface area contributed by atoms with Gasteiger partial charge in [0.25, 0.3) is 0 Å². The molecule has 0 bridgehead atoms. The summed E-state index contributed by atoms with van der Waals surface area (Å²) in [4.78, 5) is 0.322. The van der Waals surface area contributed by atoms with E-state index in [2.05, 4.69) is 4.74 Å². The Hall–Kier alpha value is -1.80. The summed E-state index contributed by atoms with van der Waals surface area (Å²) in [5.74, 6) is -24.9. The lowest BCUT2D eigenvalue weighted by Gasteiger charge is -2.47. The first-order chi connectivity index (χ1) is 18.7. The maximum Gasteiger partial charge on any atom is 0.462 e. The van der Waals surface area contributed by atoms with Gasteiger partial charge >= 0.3 is 48.4 Å². The van der Waals surface area contributed by atoms with Crippen LogP contribution in [0.5, 0.6) is 0 Å². The van der Waals surface area contributed by atoms with Gasteiger partial charge in [-0.1, -0.05) is 38.5 Å². The van der Waals surface area contributed by atoms with Gasteiger partial charge in [-0.05, 0) is 25.7 Å². The average molecular weight is 658 g/mol. The summed E-state index contributed by atoms with van der Waals surface area (Å²) >= 11 is 0. The van der Waals surface area contributed by atoms with Crippen molar-refractivity contribution in [1.29, 1.82) is 5.41 Å². The molecular formula is C21H23F17N2O2. The van der Waals surface area contributed by atoms with Crippen molar-refractivity contribution in [3.63, 3.8) is 0 Å². The fraction of sp³-hybridized carbons (Fsp3) is 0.952. The SMILES string of the molecule is N=C(N(C1CCCCC1)C1CCCCC1)[C@@](F)(OC(F)(F)[C@](F)(OC(F)(F)C(F)(F)C(F)(F)F)C(F)(F)F)C(F)(F)F. The van der Waals surface area contributed by atoms with Crippen LogP contribution in [0.25, 0.3) is 0 Å². The van der Waals surface area contributed by atoms with Gasteiger partial charge in [0.05, 0.1) is 0 Å². The molecule has 0 aromatic rings. The van der Waals surface area contributed by atoms with E-state index in [0.717, 1.165) is 0 Å². The largest absolute Gasteiger partial charge is 0.462 e. The van der Waals surface area contributed by atoms with Gasteiger partial charge in [-0.15, -0.1) is 0 Å². The van der Waals surface area contributed by atoms with Gasteiger partial charge in [0.1, 0.15) is 0 Å². The smallest absolute Gasteiger partial charge is 0.349 e. The molecule has 0 aromatic heterocycles. The second-order valence-corrected chi connectivity index (χ2v) is 9.84. The van der Waals surface area contributed by atoms with Crippen LogP contribution in [0.15, 0.2) is 0 Å². The van der Waals surface area contributed by atoms with Crippen LogP contribution in [-0.2, 0) is 9.47 Å². The van der Waals surface area contributed by atoms with Gasteiger partial charge in [0.2, 0.25) is 0 Å². The average Bonchev–Trinajstić information content (AvgIpc) is 2.82. The van der Waals surface area contributed by atoms with Crippen molar-refractivity contribution in [2.24, 2.45) is 0 Å². The standard InChI is InChI=1S/C21H23F17N2O2/c22-14(17(26,27)28,13(39)40(11-7-3-1-4-8-11)12-9-5-2-6-10-12)41-21(37,38)16(25,19(32,33)34)42-20(35,36)15(23,24)18(29,30)31/h11-12,39H,1-10H2/t14-,16-/m1/s1. The Morgan fingerprint density at radius 3 is 1.19 bits per heavy atom. The molecule has 0 aliphatic heterocycles. The molecule has 42 heavy (non-hydrogen) atoms. The summed E-state index contributed by atoms with van der Waals surface area (Å²) < 4.78 is 235. The minimum Gasteiger partial charge on any atom is -0.349 e. The highest BCUT2D eigenvalue weighted by atomic mass is 19.4. The third-order valence-electron chi connectivity index (χ3n) is 6.86. The minimum absolute atomic E-state index is 0.0688. The van der Waals surface area contributed by atoms with Gasteiger partial charge in [0, 0.05) is 12.1 Å². The lowest BCUT2D eigenvalue weighted by atomic mass is 9.88. The molecule has 248 valence electrons. The Morgan fingerprint density at radius 1 is 0.500 bits per heavy atom. The van der Waals surface area contributed by atoms with Crippen molar-refractivity contribution in [2.45, 2.75) is 125 Å². The summed E-state index contributed by atoms with van der Waals surface area (Å²) in [5, 5.41) is 7.84. The molecule has 2 aliphatic rings. The fourth-order valence-electron chi connectivity index (χ4n) is 4.72. The van der Waals surface area contributed by atoms with Gasteiger partial charge < -0.3 is 4.90 Å². The van der Waals surface area contributed by atoms with Crippen LogP contribution in [0.4, 0.5) is 74.6 Å². The number of amidine groups is 1.